The second kappa shape index (κ2) is 2.60. The maximum atomic E-state index is 5.59. The van der Waals surface area contributed by atoms with Crippen molar-refractivity contribution in [1.82, 2.24) is 15.2 Å². The van der Waals surface area contributed by atoms with Crippen LogP contribution in [0.4, 0.5) is 5.82 Å². The number of nitrogens with zero attached hydrogens (tertiary/aromatic N) is 2. The van der Waals surface area contributed by atoms with Gasteiger partial charge in [0.05, 0.1) is 16.1 Å². The number of aromatic nitrogens is 3. The maximum Gasteiger partial charge on any atom is 0.148 e. The van der Waals surface area contributed by atoms with E-state index in [1.807, 2.05) is 6.92 Å². The van der Waals surface area contributed by atoms with Gasteiger partial charge in [0.2, 0.25) is 0 Å². The van der Waals surface area contributed by atoms with E-state index in [2.05, 4.69) is 15.2 Å². The highest BCUT2D eigenvalue weighted by Crippen LogP contribution is 2.26. The summed E-state index contributed by atoms with van der Waals surface area (Å²) in [5, 5.41) is 6.78. The van der Waals surface area contributed by atoms with Gasteiger partial charge in [-0.3, -0.25) is 10.1 Å². The minimum absolute atomic E-state index is 0.554. The van der Waals surface area contributed by atoms with Crippen LogP contribution in [0.1, 0.15) is 5.56 Å². The molecule has 0 aromatic carbocycles. The predicted molar refractivity (Wildman–Crippen MR) is 48.8 cm³/mol. The molecule has 0 spiro atoms. The summed E-state index contributed by atoms with van der Waals surface area (Å²) in [5.41, 5.74) is 9.33. The number of hydrogen-bond donors (Lipinski definition) is 2. The molecule has 0 saturated heterocycles. The van der Waals surface area contributed by atoms with Crippen LogP contribution in [0.5, 0.6) is 0 Å². The number of rotatable bonds is 1. The summed E-state index contributed by atoms with van der Waals surface area (Å²) >= 11 is 1.57. The first-order valence-corrected chi connectivity index (χ1v) is 4.36. The third-order valence-corrected chi connectivity index (χ3v) is 2.52. The van der Waals surface area contributed by atoms with Gasteiger partial charge in [-0.1, -0.05) is 0 Å². The molecule has 0 fully saturated rings. The largest absolute Gasteiger partial charge is 0.382 e. The molecule has 0 saturated carbocycles. The lowest BCUT2D eigenvalue weighted by Crippen LogP contribution is -1.85. The predicted octanol–water partition coefficient (Wildman–Crippen LogP) is 1.42. The van der Waals surface area contributed by atoms with Gasteiger partial charge in [-0.15, -0.1) is 11.3 Å². The van der Waals surface area contributed by atoms with E-state index >= 15 is 0 Å². The lowest BCUT2D eigenvalue weighted by molar-refractivity contribution is 1.10. The Morgan fingerprint density at radius 3 is 2.92 bits per heavy atom. The van der Waals surface area contributed by atoms with Crippen molar-refractivity contribution in [3.05, 3.63) is 17.3 Å². The van der Waals surface area contributed by atoms with Crippen LogP contribution in [-0.4, -0.2) is 15.2 Å². The van der Waals surface area contributed by atoms with Crippen LogP contribution in [0.3, 0.4) is 0 Å². The monoisotopic (exact) mass is 180 g/mol. The van der Waals surface area contributed by atoms with Crippen LogP contribution >= 0.6 is 11.3 Å². The van der Waals surface area contributed by atoms with E-state index < -0.39 is 0 Å². The molecule has 0 unspecified atom stereocenters. The summed E-state index contributed by atoms with van der Waals surface area (Å²) in [7, 11) is 0. The van der Waals surface area contributed by atoms with Crippen molar-refractivity contribution in [3.8, 4) is 10.6 Å². The van der Waals surface area contributed by atoms with Gasteiger partial charge < -0.3 is 5.73 Å². The molecule has 0 aliphatic rings. The first-order chi connectivity index (χ1) is 5.79. The minimum Gasteiger partial charge on any atom is -0.382 e. The van der Waals surface area contributed by atoms with E-state index in [-0.39, 0.29) is 0 Å². The van der Waals surface area contributed by atoms with Gasteiger partial charge in [0.1, 0.15) is 5.82 Å². The van der Waals surface area contributed by atoms with Crippen LogP contribution in [0.15, 0.2) is 11.7 Å². The summed E-state index contributed by atoms with van der Waals surface area (Å²) in [4.78, 5) is 5.05. The van der Waals surface area contributed by atoms with E-state index in [9.17, 15) is 0 Å². The molecule has 0 aliphatic carbocycles. The summed E-state index contributed by atoms with van der Waals surface area (Å²) in [6, 6.07) is 0. The molecule has 0 radical (unpaired) electrons. The van der Waals surface area contributed by atoms with Crippen LogP contribution in [0.25, 0.3) is 10.6 Å². The fraction of sp³-hybridized carbons (Fsp3) is 0.143. The maximum absolute atomic E-state index is 5.59. The molecule has 3 N–H and O–H groups in total. The van der Waals surface area contributed by atoms with Crippen molar-refractivity contribution in [2.24, 2.45) is 0 Å². The third-order valence-electron chi connectivity index (χ3n) is 1.73. The second-order valence-corrected chi connectivity index (χ2v) is 3.36. The summed E-state index contributed by atoms with van der Waals surface area (Å²) in [6.07, 6.45) is 1.80. The molecule has 62 valence electrons. The van der Waals surface area contributed by atoms with Gasteiger partial charge in [-0.05, 0) is 6.92 Å². The molecular weight excluding hydrogens is 172 g/mol. The number of hydrogen-bond acceptors (Lipinski definition) is 4. The molecule has 2 heterocycles. The van der Waals surface area contributed by atoms with E-state index in [1.54, 1.807) is 23.0 Å². The van der Waals surface area contributed by atoms with Crippen molar-refractivity contribution in [2.45, 2.75) is 6.92 Å². The van der Waals surface area contributed by atoms with Crippen molar-refractivity contribution in [3.63, 3.8) is 0 Å². The highest BCUT2D eigenvalue weighted by molar-refractivity contribution is 7.13. The topological polar surface area (TPSA) is 67.6 Å². The zero-order chi connectivity index (χ0) is 8.55. The Balaban J connectivity index is 2.55. The van der Waals surface area contributed by atoms with Crippen molar-refractivity contribution in [2.75, 3.05) is 5.73 Å². The Bertz CT molecular complexity index is 376. The molecule has 2 aromatic rings. The van der Waals surface area contributed by atoms with Crippen LogP contribution < -0.4 is 5.73 Å². The fourth-order valence-corrected chi connectivity index (χ4v) is 1.66. The normalized spacial score (nSPS) is 10.4. The first-order valence-electron chi connectivity index (χ1n) is 3.48. The molecule has 0 atom stereocenters. The molecule has 0 aliphatic heterocycles. The number of anilines is 1. The number of nitrogens with two attached hydrogens (primary N) is 1. The standard InChI is InChI=1S/C7H8N4S/c1-4-6(10-11-7(4)8)5-2-9-3-12-5/h2-3H,1H3,(H3,8,10,11). The molecule has 2 aromatic heterocycles. The zero-order valence-electron chi connectivity index (χ0n) is 6.53. The van der Waals surface area contributed by atoms with E-state index in [1.165, 1.54) is 0 Å². The highest BCUT2D eigenvalue weighted by Gasteiger charge is 2.08. The molecule has 2 rings (SSSR count). The van der Waals surface area contributed by atoms with E-state index in [0.717, 1.165) is 16.1 Å². The average Bonchev–Trinajstić information content (AvgIpc) is 2.64. The minimum atomic E-state index is 0.554. The van der Waals surface area contributed by atoms with Crippen molar-refractivity contribution in [1.29, 1.82) is 0 Å². The van der Waals surface area contributed by atoms with Crippen LogP contribution in [0.2, 0.25) is 0 Å². The quantitative estimate of drug-likeness (QED) is 0.697. The van der Waals surface area contributed by atoms with E-state index in [0.29, 0.717) is 5.82 Å². The summed E-state index contributed by atoms with van der Waals surface area (Å²) in [5.74, 6) is 0.554. The smallest absolute Gasteiger partial charge is 0.148 e. The molecular formula is C7H8N4S. The zero-order valence-corrected chi connectivity index (χ0v) is 7.35. The van der Waals surface area contributed by atoms with Gasteiger partial charge in [0.25, 0.3) is 0 Å². The Morgan fingerprint density at radius 2 is 2.42 bits per heavy atom. The average molecular weight is 180 g/mol. The molecule has 12 heavy (non-hydrogen) atoms. The lowest BCUT2D eigenvalue weighted by atomic mass is 10.2. The lowest BCUT2D eigenvalue weighted by Gasteiger charge is -1.91. The van der Waals surface area contributed by atoms with Crippen LogP contribution in [-0.2, 0) is 0 Å². The van der Waals surface area contributed by atoms with Gasteiger partial charge in [-0.2, -0.15) is 5.10 Å². The Kier molecular flexibility index (Phi) is 1.58. The Hall–Kier alpha value is -1.36. The third kappa shape index (κ3) is 0.984. The Morgan fingerprint density at radius 1 is 1.58 bits per heavy atom. The van der Waals surface area contributed by atoms with Gasteiger partial charge >= 0.3 is 0 Å². The molecule has 5 heteroatoms. The molecule has 4 nitrogen and oxygen atoms in total. The molecule has 0 bridgehead atoms. The second-order valence-electron chi connectivity index (χ2n) is 2.47. The fourth-order valence-electron chi connectivity index (χ4n) is 0.991. The highest BCUT2D eigenvalue weighted by atomic mass is 32.1. The number of nitrogens with one attached hydrogen (secondary N) is 1. The van der Waals surface area contributed by atoms with Gasteiger partial charge in [0.15, 0.2) is 0 Å². The Labute approximate surface area is 73.5 Å². The number of nitrogen functional groups attached to an aromatic ring is 1. The number of thiazole rings is 1. The van der Waals surface area contributed by atoms with E-state index in [4.69, 9.17) is 5.73 Å². The van der Waals surface area contributed by atoms with Crippen LogP contribution in [0, 0.1) is 6.92 Å². The van der Waals surface area contributed by atoms with Gasteiger partial charge in [0, 0.05) is 11.8 Å². The summed E-state index contributed by atoms with van der Waals surface area (Å²) in [6.45, 7) is 1.94. The van der Waals surface area contributed by atoms with Crippen molar-refractivity contribution >= 4 is 17.2 Å². The SMILES string of the molecule is Cc1c(N)n[nH]c1-c1cncs1. The first kappa shape index (κ1) is 7.30. The molecule has 0 amide bonds. The number of aromatic amines is 1. The van der Waals surface area contributed by atoms with Crippen molar-refractivity contribution < 1.29 is 0 Å². The van der Waals surface area contributed by atoms with Gasteiger partial charge in [-0.25, -0.2) is 0 Å². The summed E-state index contributed by atoms with van der Waals surface area (Å²) < 4.78 is 0. The number of H-pyrrole nitrogens is 1.